The molecule has 7 aromatic rings. The van der Waals surface area contributed by atoms with Gasteiger partial charge in [0.15, 0.2) is 5.82 Å². The molecule has 0 N–H and O–H groups in total. The molecule has 1 aliphatic heterocycles. The number of aromatic nitrogens is 2. The predicted octanol–water partition coefficient (Wildman–Crippen LogP) is 11.4. The molecule has 1 atom stereocenters. The predicted molar refractivity (Wildman–Crippen MR) is 190 cm³/mol. The van der Waals surface area contributed by atoms with E-state index in [-0.39, 0.29) is 0 Å². The molecule has 6 aromatic carbocycles. The Balaban J connectivity index is 1.15. The van der Waals surface area contributed by atoms with E-state index in [1.807, 2.05) is 23.9 Å². The molecule has 1 aromatic heterocycles. The van der Waals surface area contributed by atoms with E-state index in [9.17, 15) is 0 Å². The van der Waals surface area contributed by atoms with Gasteiger partial charge in [0, 0.05) is 32.4 Å². The van der Waals surface area contributed by atoms with Gasteiger partial charge in [0.2, 0.25) is 0 Å². The molecule has 2 aliphatic rings. The van der Waals surface area contributed by atoms with Gasteiger partial charge in [-0.25, -0.2) is 9.97 Å². The molecule has 2 heterocycles. The normalized spacial score (nSPS) is 14.5. The van der Waals surface area contributed by atoms with Crippen molar-refractivity contribution >= 4 is 11.8 Å². The third-order valence-electron chi connectivity index (χ3n) is 9.35. The summed E-state index contributed by atoms with van der Waals surface area (Å²) in [6.45, 7) is 0. The fourth-order valence-electron chi connectivity index (χ4n) is 7.11. The summed E-state index contributed by atoms with van der Waals surface area (Å²) in [6, 6.07) is 54.4. The van der Waals surface area contributed by atoms with Gasteiger partial charge < -0.3 is 0 Å². The van der Waals surface area contributed by atoms with E-state index in [1.165, 1.54) is 48.7 Å². The Hall–Kier alpha value is -5.25. The maximum Gasteiger partial charge on any atom is 0.160 e. The number of rotatable bonds is 4. The highest BCUT2D eigenvalue weighted by Gasteiger charge is 2.31. The van der Waals surface area contributed by atoms with Crippen LogP contribution in [0.15, 0.2) is 161 Å². The van der Waals surface area contributed by atoms with Gasteiger partial charge >= 0.3 is 0 Å². The summed E-state index contributed by atoms with van der Waals surface area (Å²) < 4.78 is 0. The van der Waals surface area contributed by atoms with Crippen molar-refractivity contribution in [1.29, 1.82) is 0 Å². The summed E-state index contributed by atoms with van der Waals surface area (Å²) >= 11 is 1.92. The molecule has 1 aliphatic carbocycles. The van der Waals surface area contributed by atoms with Crippen LogP contribution >= 0.6 is 11.8 Å². The molecule has 2 nitrogen and oxygen atoms in total. The Kier molecular flexibility index (Phi) is 6.64. The standard InChI is InChI=1S/C43H30N2S/c1-3-11-29(12-4-1)38-27-39(30-13-5-2-6-14-30)45-43(44-38)33-16-9-15-31(25-33)32-22-21-28-23-24-36-34-17-7-8-19-40(34)46-41-20-10-18-35(42(36)41)37(28)26-32/h1-22,25-27,36H,23-24H2. The van der Waals surface area contributed by atoms with Crippen LogP contribution in [0.1, 0.15) is 29.0 Å². The van der Waals surface area contributed by atoms with Crippen LogP contribution in [0, 0.1) is 0 Å². The summed E-state index contributed by atoms with van der Waals surface area (Å²) in [6.07, 6.45) is 2.19. The van der Waals surface area contributed by atoms with Crippen molar-refractivity contribution in [2.75, 3.05) is 0 Å². The van der Waals surface area contributed by atoms with Gasteiger partial charge in [-0.05, 0) is 82.1 Å². The van der Waals surface area contributed by atoms with Crippen molar-refractivity contribution in [1.82, 2.24) is 9.97 Å². The second-order valence-electron chi connectivity index (χ2n) is 12.1. The minimum atomic E-state index is 0.427. The van der Waals surface area contributed by atoms with Crippen LogP contribution in [-0.2, 0) is 6.42 Å². The second kappa shape index (κ2) is 11.3. The van der Waals surface area contributed by atoms with Crippen LogP contribution < -0.4 is 0 Å². The first kappa shape index (κ1) is 27.1. The molecule has 218 valence electrons. The van der Waals surface area contributed by atoms with Gasteiger partial charge in [0.05, 0.1) is 11.4 Å². The average Bonchev–Trinajstić information content (AvgIpc) is 3.30. The lowest BCUT2D eigenvalue weighted by molar-refractivity contribution is 0.698. The lowest BCUT2D eigenvalue weighted by Gasteiger charge is -2.28. The van der Waals surface area contributed by atoms with Crippen LogP contribution in [-0.4, -0.2) is 9.97 Å². The molecule has 0 saturated heterocycles. The topological polar surface area (TPSA) is 25.8 Å². The summed E-state index contributed by atoms with van der Waals surface area (Å²) in [5, 5.41) is 0. The molecular formula is C43H30N2S. The number of aryl methyl sites for hydroxylation is 1. The third-order valence-corrected chi connectivity index (χ3v) is 10.5. The lowest BCUT2D eigenvalue weighted by Crippen LogP contribution is -2.09. The number of benzene rings is 6. The van der Waals surface area contributed by atoms with Crippen LogP contribution in [0.25, 0.3) is 56.2 Å². The molecule has 46 heavy (non-hydrogen) atoms. The summed E-state index contributed by atoms with van der Waals surface area (Å²) in [4.78, 5) is 13.0. The zero-order valence-corrected chi connectivity index (χ0v) is 26.0. The van der Waals surface area contributed by atoms with Gasteiger partial charge in [-0.2, -0.15) is 0 Å². The minimum Gasteiger partial charge on any atom is -0.228 e. The lowest BCUT2D eigenvalue weighted by atomic mass is 9.85. The average molecular weight is 607 g/mol. The quantitative estimate of drug-likeness (QED) is 0.199. The van der Waals surface area contributed by atoms with Gasteiger partial charge in [0.25, 0.3) is 0 Å². The smallest absolute Gasteiger partial charge is 0.160 e. The maximum absolute atomic E-state index is 5.09. The molecule has 9 rings (SSSR count). The van der Waals surface area contributed by atoms with Crippen LogP contribution in [0.2, 0.25) is 0 Å². The number of hydrogen-bond donors (Lipinski definition) is 0. The Bertz CT molecular complexity index is 2180. The maximum atomic E-state index is 5.09. The zero-order chi connectivity index (χ0) is 30.5. The van der Waals surface area contributed by atoms with E-state index in [2.05, 4.69) is 140 Å². The monoisotopic (exact) mass is 606 g/mol. The Morgan fingerprint density at radius 2 is 1.11 bits per heavy atom. The Morgan fingerprint density at radius 1 is 0.478 bits per heavy atom. The first-order chi connectivity index (χ1) is 22.8. The van der Waals surface area contributed by atoms with Gasteiger partial charge in [0.1, 0.15) is 0 Å². The van der Waals surface area contributed by atoms with Crippen LogP contribution in [0.5, 0.6) is 0 Å². The van der Waals surface area contributed by atoms with Crippen LogP contribution in [0.3, 0.4) is 0 Å². The minimum absolute atomic E-state index is 0.427. The summed E-state index contributed by atoms with van der Waals surface area (Å²) in [7, 11) is 0. The highest BCUT2D eigenvalue weighted by molar-refractivity contribution is 7.99. The van der Waals surface area contributed by atoms with E-state index < -0.39 is 0 Å². The SMILES string of the molecule is c1ccc(-c2cc(-c3ccccc3)nc(-c3cccc(-c4ccc5c(c4)-c4cccc6c4C(CC5)c4ccccc4S6)c3)n2)cc1. The highest BCUT2D eigenvalue weighted by atomic mass is 32.2. The molecule has 0 amide bonds. The fraction of sp³-hybridized carbons (Fsp3) is 0.0698. The Morgan fingerprint density at radius 3 is 1.89 bits per heavy atom. The molecular weight excluding hydrogens is 577 g/mol. The number of nitrogens with zero attached hydrogens (tertiary/aromatic N) is 2. The van der Waals surface area contributed by atoms with Crippen molar-refractivity contribution in [3.63, 3.8) is 0 Å². The Labute approximate surface area is 273 Å². The van der Waals surface area contributed by atoms with Gasteiger partial charge in [-0.3, -0.25) is 0 Å². The van der Waals surface area contributed by atoms with Crippen molar-refractivity contribution < 1.29 is 0 Å². The first-order valence-electron chi connectivity index (χ1n) is 15.9. The molecule has 0 bridgehead atoms. The zero-order valence-electron chi connectivity index (χ0n) is 25.2. The van der Waals surface area contributed by atoms with Gasteiger partial charge in [-0.15, -0.1) is 0 Å². The summed E-state index contributed by atoms with van der Waals surface area (Å²) in [5.74, 6) is 1.16. The van der Waals surface area contributed by atoms with Crippen molar-refractivity contribution in [3.8, 4) is 56.2 Å². The van der Waals surface area contributed by atoms with Gasteiger partial charge in [-0.1, -0.05) is 133 Å². The van der Waals surface area contributed by atoms with E-state index in [0.717, 1.165) is 46.7 Å². The van der Waals surface area contributed by atoms with Crippen molar-refractivity contribution in [2.24, 2.45) is 0 Å². The van der Waals surface area contributed by atoms with E-state index in [4.69, 9.17) is 9.97 Å². The second-order valence-corrected chi connectivity index (χ2v) is 13.2. The largest absolute Gasteiger partial charge is 0.228 e. The van der Waals surface area contributed by atoms with Crippen molar-refractivity contribution in [2.45, 2.75) is 28.6 Å². The van der Waals surface area contributed by atoms with E-state index in [1.54, 1.807) is 0 Å². The molecule has 3 heteroatoms. The highest BCUT2D eigenvalue weighted by Crippen LogP contribution is 2.53. The third kappa shape index (κ3) is 4.76. The molecule has 0 spiro atoms. The number of hydrogen-bond acceptors (Lipinski definition) is 3. The number of fused-ring (bicyclic) bond motifs is 4. The molecule has 1 unspecified atom stereocenters. The fourth-order valence-corrected chi connectivity index (χ4v) is 8.34. The van der Waals surface area contributed by atoms with Crippen LogP contribution in [0.4, 0.5) is 0 Å². The molecule has 0 fully saturated rings. The molecule has 0 radical (unpaired) electrons. The molecule has 0 saturated carbocycles. The van der Waals surface area contributed by atoms with E-state index >= 15 is 0 Å². The van der Waals surface area contributed by atoms with Crippen molar-refractivity contribution in [3.05, 3.63) is 168 Å². The first-order valence-corrected chi connectivity index (χ1v) is 16.7. The summed E-state index contributed by atoms with van der Waals surface area (Å²) in [5.41, 5.74) is 14.5. The van der Waals surface area contributed by atoms with E-state index in [0.29, 0.717) is 5.92 Å².